The van der Waals surface area contributed by atoms with E-state index in [0.29, 0.717) is 5.75 Å². The Labute approximate surface area is 158 Å². The highest BCUT2D eigenvalue weighted by Crippen LogP contribution is 2.36. The fourth-order valence-corrected chi connectivity index (χ4v) is 3.78. The van der Waals surface area contributed by atoms with Gasteiger partial charge >= 0.3 is 5.97 Å². The van der Waals surface area contributed by atoms with Crippen LogP contribution in [0.4, 0.5) is 5.69 Å². The highest BCUT2D eigenvalue weighted by atomic mass is 79.9. The topological polar surface area (TPSA) is 64.6 Å². The number of amides is 1. The molecule has 1 amide bonds. The van der Waals surface area contributed by atoms with Crippen molar-refractivity contribution in [2.24, 2.45) is 0 Å². The number of hydrogen-bond acceptors (Lipinski definition) is 5. The molecule has 2 aromatic carbocycles. The predicted molar refractivity (Wildman–Crippen MR) is 99.9 cm³/mol. The summed E-state index contributed by atoms with van der Waals surface area (Å²) in [6.07, 6.45) is 0.0295. The number of fused-ring (bicyclic) bond motifs is 1. The van der Waals surface area contributed by atoms with Crippen LogP contribution >= 0.6 is 27.7 Å². The Bertz CT molecular complexity index is 783. The van der Waals surface area contributed by atoms with E-state index in [1.165, 1.54) is 11.8 Å². The molecule has 0 bridgehead atoms. The van der Waals surface area contributed by atoms with Gasteiger partial charge in [0, 0.05) is 9.37 Å². The molecule has 0 fully saturated rings. The Morgan fingerprint density at radius 2 is 2.00 bits per heavy atom. The summed E-state index contributed by atoms with van der Waals surface area (Å²) in [5.74, 6) is 0.111. The molecule has 1 N–H and O–H groups in total. The number of para-hydroxylation sites is 1. The van der Waals surface area contributed by atoms with Gasteiger partial charge in [-0.3, -0.25) is 9.59 Å². The van der Waals surface area contributed by atoms with Crippen molar-refractivity contribution < 1.29 is 19.1 Å². The molecule has 0 saturated carbocycles. The van der Waals surface area contributed by atoms with Crippen molar-refractivity contribution in [1.82, 2.24) is 0 Å². The van der Waals surface area contributed by atoms with Crippen LogP contribution in [0.5, 0.6) is 5.75 Å². The Morgan fingerprint density at radius 3 is 2.84 bits per heavy atom. The maximum absolute atomic E-state index is 12.1. The third-order valence-electron chi connectivity index (χ3n) is 3.47. The summed E-state index contributed by atoms with van der Waals surface area (Å²) in [5, 5.41) is 2.33. The largest absolute Gasteiger partial charge is 0.490 e. The number of esters is 1. The molecule has 1 unspecified atom stereocenters. The number of benzene rings is 2. The van der Waals surface area contributed by atoms with Gasteiger partial charge in [-0.05, 0) is 30.3 Å². The monoisotopic (exact) mass is 421 g/mol. The second-order valence-electron chi connectivity index (χ2n) is 5.32. The normalized spacial score (nSPS) is 15.9. The molecule has 130 valence electrons. The lowest BCUT2D eigenvalue weighted by Gasteiger charge is -2.23. The Kier molecular flexibility index (Phi) is 5.99. The molecule has 0 aliphatic carbocycles. The Morgan fingerprint density at radius 1 is 1.16 bits per heavy atom. The molecule has 0 spiro atoms. The molecule has 0 radical (unpaired) electrons. The second-order valence-corrected chi connectivity index (χ2v) is 7.48. The van der Waals surface area contributed by atoms with Crippen LogP contribution < -0.4 is 10.1 Å². The van der Waals surface area contributed by atoms with Gasteiger partial charge in [-0.2, -0.15) is 0 Å². The molecule has 0 aromatic heterocycles. The lowest BCUT2D eigenvalue weighted by molar-refractivity contribution is -0.145. The van der Waals surface area contributed by atoms with Crippen molar-refractivity contribution in [1.29, 1.82) is 0 Å². The highest BCUT2D eigenvalue weighted by molar-refractivity contribution is 9.10. The minimum atomic E-state index is -0.478. The number of hydrogen-bond donors (Lipinski definition) is 1. The third kappa shape index (κ3) is 4.99. The van der Waals surface area contributed by atoms with Gasteiger partial charge in [-0.25, -0.2) is 0 Å². The maximum atomic E-state index is 12.1. The van der Waals surface area contributed by atoms with Crippen molar-refractivity contribution in [2.45, 2.75) is 16.6 Å². The first-order valence-electron chi connectivity index (χ1n) is 7.72. The summed E-state index contributed by atoms with van der Waals surface area (Å²) < 4.78 is 11.6. The third-order valence-corrected chi connectivity index (χ3v) is 5.24. The quantitative estimate of drug-likeness (QED) is 0.566. The van der Waals surface area contributed by atoms with Gasteiger partial charge in [0.15, 0.2) is 0 Å². The van der Waals surface area contributed by atoms with Crippen molar-refractivity contribution in [3.05, 3.63) is 53.0 Å². The first kappa shape index (κ1) is 17.8. The molecule has 1 aliphatic rings. The molecule has 3 rings (SSSR count). The molecular formula is C18H16BrNO4S. The van der Waals surface area contributed by atoms with Crippen LogP contribution in [0.15, 0.2) is 57.9 Å². The summed E-state index contributed by atoms with van der Waals surface area (Å²) in [5.41, 5.74) is 0.782. The van der Waals surface area contributed by atoms with E-state index < -0.39 is 11.2 Å². The van der Waals surface area contributed by atoms with Gasteiger partial charge in [0.2, 0.25) is 5.91 Å². The zero-order chi connectivity index (χ0) is 17.6. The Balaban J connectivity index is 1.43. The van der Waals surface area contributed by atoms with E-state index in [4.69, 9.17) is 9.47 Å². The van der Waals surface area contributed by atoms with E-state index in [2.05, 4.69) is 21.2 Å². The number of anilines is 1. The molecule has 2 aromatic rings. The molecule has 7 heteroatoms. The molecule has 1 atom stereocenters. The molecule has 5 nitrogen and oxygen atoms in total. The number of carbonyl (C=O) groups excluding carboxylic acids is 2. The number of carbonyl (C=O) groups is 2. The van der Waals surface area contributed by atoms with Gasteiger partial charge in [0.25, 0.3) is 0 Å². The van der Waals surface area contributed by atoms with Crippen LogP contribution in [0.2, 0.25) is 0 Å². The Hall–Kier alpha value is -1.99. The zero-order valence-electron chi connectivity index (χ0n) is 13.2. The van der Waals surface area contributed by atoms with Crippen molar-refractivity contribution in [2.75, 3.05) is 18.5 Å². The van der Waals surface area contributed by atoms with Crippen molar-refractivity contribution in [3.8, 4) is 5.75 Å². The lowest BCUT2D eigenvalue weighted by Crippen LogP contribution is -2.31. The maximum Gasteiger partial charge on any atom is 0.307 e. The lowest BCUT2D eigenvalue weighted by atomic mass is 10.2. The van der Waals surface area contributed by atoms with Crippen LogP contribution in [0, 0.1) is 0 Å². The zero-order valence-corrected chi connectivity index (χ0v) is 15.6. The minimum Gasteiger partial charge on any atom is -0.490 e. The van der Waals surface area contributed by atoms with Gasteiger partial charge in [0.1, 0.15) is 19.0 Å². The van der Waals surface area contributed by atoms with Crippen LogP contribution in [-0.2, 0) is 14.3 Å². The van der Waals surface area contributed by atoms with Crippen LogP contribution in [0.1, 0.15) is 6.42 Å². The van der Waals surface area contributed by atoms with Crippen LogP contribution in [0.25, 0.3) is 0 Å². The van der Waals surface area contributed by atoms with Crippen molar-refractivity contribution >= 4 is 45.3 Å². The van der Waals surface area contributed by atoms with E-state index in [1.54, 1.807) is 0 Å². The standard InChI is InChI=1S/C18H16BrNO4S/c19-12-4-3-5-13(10-12)23-8-9-24-17(21)11-16-18(22)20-14-6-1-2-7-15(14)25-16/h1-7,10,16H,8-9,11H2,(H,20,22). The number of halogens is 1. The SMILES string of the molecule is O=C(CC1Sc2ccccc2NC1=O)OCCOc1cccc(Br)c1. The minimum absolute atomic E-state index is 0.0295. The summed E-state index contributed by atoms with van der Waals surface area (Å²) >= 11 is 4.74. The van der Waals surface area contributed by atoms with Gasteiger partial charge in [-0.15, -0.1) is 11.8 Å². The fraction of sp³-hybridized carbons (Fsp3) is 0.222. The average molecular weight is 422 g/mol. The van der Waals surface area contributed by atoms with Crippen molar-refractivity contribution in [3.63, 3.8) is 0 Å². The van der Waals surface area contributed by atoms with E-state index in [9.17, 15) is 9.59 Å². The molecule has 1 heterocycles. The molecule has 1 aliphatic heterocycles. The molecule has 0 saturated heterocycles. The first-order valence-corrected chi connectivity index (χ1v) is 9.39. The number of thioether (sulfide) groups is 1. The van der Waals surface area contributed by atoms with Gasteiger partial charge in [-0.1, -0.05) is 34.1 Å². The van der Waals surface area contributed by atoms with Gasteiger partial charge in [0.05, 0.1) is 17.4 Å². The van der Waals surface area contributed by atoms with Crippen LogP contribution in [0.3, 0.4) is 0 Å². The summed E-state index contributed by atoms with van der Waals surface area (Å²) in [6, 6.07) is 14.9. The second kappa shape index (κ2) is 8.40. The number of rotatable bonds is 6. The summed E-state index contributed by atoms with van der Waals surface area (Å²) in [4.78, 5) is 25.0. The summed E-state index contributed by atoms with van der Waals surface area (Å²) in [7, 11) is 0. The predicted octanol–water partition coefficient (Wildman–Crippen LogP) is 3.87. The first-order chi connectivity index (χ1) is 12.1. The summed E-state index contributed by atoms with van der Waals surface area (Å²) in [6.45, 7) is 0.399. The van der Waals surface area contributed by atoms with E-state index in [0.717, 1.165) is 15.1 Å². The van der Waals surface area contributed by atoms with E-state index in [1.807, 2.05) is 48.5 Å². The molecule has 25 heavy (non-hydrogen) atoms. The van der Waals surface area contributed by atoms with Crippen LogP contribution in [-0.4, -0.2) is 30.3 Å². The average Bonchev–Trinajstić information content (AvgIpc) is 2.59. The van der Waals surface area contributed by atoms with E-state index >= 15 is 0 Å². The van der Waals surface area contributed by atoms with E-state index in [-0.39, 0.29) is 25.5 Å². The molecular weight excluding hydrogens is 406 g/mol. The number of ether oxygens (including phenoxy) is 2. The fourth-order valence-electron chi connectivity index (χ4n) is 2.31. The smallest absolute Gasteiger partial charge is 0.307 e. The van der Waals surface area contributed by atoms with Gasteiger partial charge < -0.3 is 14.8 Å². The highest BCUT2D eigenvalue weighted by Gasteiger charge is 2.29. The number of nitrogens with one attached hydrogen (secondary N) is 1.